The normalized spacial score (nSPS) is 9.86. The Morgan fingerprint density at radius 3 is 2.33 bits per heavy atom. The number of nitrogens with zero attached hydrogens (tertiary/aromatic N) is 1. The van der Waals surface area contributed by atoms with Crippen molar-refractivity contribution in [1.29, 1.82) is 0 Å². The summed E-state index contributed by atoms with van der Waals surface area (Å²) < 4.78 is 4.53. The Morgan fingerprint density at radius 1 is 1.19 bits per heavy atom. The van der Waals surface area contributed by atoms with Crippen LogP contribution in [0.1, 0.15) is 18.9 Å². The molecule has 0 spiro atoms. The summed E-state index contributed by atoms with van der Waals surface area (Å²) in [5.41, 5.74) is 1.54. The molecule has 0 bridgehead atoms. The van der Waals surface area contributed by atoms with Crippen molar-refractivity contribution in [3.05, 3.63) is 29.8 Å². The number of esters is 1. The molecule has 1 aromatic carbocycles. The third-order valence-electron chi connectivity index (χ3n) is 2.93. The van der Waals surface area contributed by atoms with Crippen molar-refractivity contribution >= 4 is 23.5 Å². The zero-order valence-electron chi connectivity index (χ0n) is 12.5. The largest absolute Gasteiger partial charge is 0.469 e. The number of likely N-dealkylation sites (N-methyl/N-ethyl adjacent to an activating group) is 1. The van der Waals surface area contributed by atoms with E-state index in [0.717, 1.165) is 5.56 Å². The van der Waals surface area contributed by atoms with Crippen LogP contribution in [0.2, 0.25) is 0 Å². The average Bonchev–Trinajstić information content (AvgIpc) is 2.45. The maximum Gasteiger partial charge on any atom is 0.307 e. The van der Waals surface area contributed by atoms with Crippen LogP contribution in [0.25, 0.3) is 0 Å². The fraction of sp³-hybridized carbons (Fsp3) is 0.400. The predicted octanol–water partition coefficient (Wildman–Crippen LogP) is 1.21. The molecule has 0 aromatic heterocycles. The third kappa shape index (κ3) is 6.07. The van der Waals surface area contributed by atoms with Crippen LogP contribution in [-0.4, -0.2) is 43.4 Å². The van der Waals surface area contributed by atoms with E-state index in [0.29, 0.717) is 12.2 Å². The zero-order valence-corrected chi connectivity index (χ0v) is 12.5. The summed E-state index contributed by atoms with van der Waals surface area (Å²) in [6.07, 6.45) is 0.429. The smallest absolute Gasteiger partial charge is 0.307 e. The van der Waals surface area contributed by atoms with E-state index in [2.05, 4.69) is 10.1 Å². The number of ether oxygens (including phenoxy) is 1. The lowest BCUT2D eigenvalue weighted by atomic mass is 10.1. The molecule has 0 radical (unpaired) electrons. The first-order valence-electron chi connectivity index (χ1n) is 6.59. The van der Waals surface area contributed by atoms with Gasteiger partial charge >= 0.3 is 5.97 Å². The summed E-state index contributed by atoms with van der Waals surface area (Å²) in [5, 5.41) is 2.66. The van der Waals surface area contributed by atoms with Crippen LogP contribution in [0.15, 0.2) is 24.3 Å². The molecular weight excluding hydrogens is 272 g/mol. The van der Waals surface area contributed by atoms with Crippen LogP contribution in [0.4, 0.5) is 5.69 Å². The number of carbonyl (C=O) groups is 3. The maximum absolute atomic E-state index is 12.0. The van der Waals surface area contributed by atoms with Crippen LogP contribution in [0.5, 0.6) is 0 Å². The molecule has 0 aliphatic rings. The highest BCUT2D eigenvalue weighted by atomic mass is 16.5. The van der Waals surface area contributed by atoms with Crippen molar-refractivity contribution in [1.82, 2.24) is 4.90 Å². The van der Waals surface area contributed by atoms with E-state index in [1.807, 2.05) is 0 Å². The van der Waals surface area contributed by atoms with Crippen LogP contribution in [-0.2, 0) is 25.5 Å². The summed E-state index contributed by atoms with van der Waals surface area (Å²) in [5.74, 6) is -0.554. The van der Waals surface area contributed by atoms with Gasteiger partial charge in [0.25, 0.3) is 0 Å². The number of amides is 2. The molecule has 0 fully saturated rings. The van der Waals surface area contributed by atoms with E-state index in [9.17, 15) is 14.4 Å². The van der Waals surface area contributed by atoms with E-state index in [4.69, 9.17) is 0 Å². The van der Waals surface area contributed by atoms with Gasteiger partial charge in [-0.2, -0.15) is 0 Å². The lowest BCUT2D eigenvalue weighted by molar-refractivity contribution is -0.141. The van der Waals surface area contributed by atoms with Crippen molar-refractivity contribution in [2.75, 3.05) is 26.0 Å². The van der Waals surface area contributed by atoms with Crippen LogP contribution >= 0.6 is 0 Å². The van der Waals surface area contributed by atoms with Crippen molar-refractivity contribution in [2.45, 2.75) is 19.8 Å². The van der Waals surface area contributed by atoms with Gasteiger partial charge in [0.05, 0.1) is 20.0 Å². The first kappa shape index (κ1) is 16.7. The van der Waals surface area contributed by atoms with E-state index in [1.54, 1.807) is 31.3 Å². The molecule has 1 aromatic rings. The predicted molar refractivity (Wildman–Crippen MR) is 78.7 cm³/mol. The molecule has 0 heterocycles. The molecule has 0 atom stereocenters. The Bertz CT molecular complexity index is 511. The quantitative estimate of drug-likeness (QED) is 0.800. The van der Waals surface area contributed by atoms with Crippen LogP contribution in [0, 0.1) is 0 Å². The monoisotopic (exact) mass is 292 g/mol. The van der Waals surface area contributed by atoms with Gasteiger partial charge in [0.1, 0.15) is 0 Å². The van der Waals surface area contributed by atoms with E-state index in [-0.39, 0.29) is 30.6 Å². The van der Waals surface area contributed by atoms with Gasteiger partial charge in [0.2, 0.25) is 11.8 Å². The van der Waals surface area contributed by atoms with Gasteiger partial charge in [-0.15, -0.1) is 0 Å². The standard InChI is InChI=1S/C15H20N2O4/c1-11(18)16-13-6-4-12(5-7-13)10-14(19)17(2)9-8-15(20)21-3/h4-7H,8-10H2,1-3H3,(H,16,18). The lowest BCUT2D eigenvalue weighted by Crippen LogP contribution is -2.30. The average molecular weight is 292 g/mol. The fourth-order valence-corrected chi connectivity index (χ4v) is 1.70. The fourth-order valence-electron chi connectivity index (χ4n) is 1.70. The molecule has 1 N–H and O–H groups in total. The molecule has 2 amide bonds. The number of carbonyl (C=O) groups excluding carboxylic acids is 3. The lowest BCUT2D eigenvalue weighted by Gasteiger charge is -2.16. The van der Waals surface area contributed by atoms with Gasteiger partial charge in [0, 0.05) is 26.2 Å². The molecule has 1 rings (SSSR count). The number of rotatable bonds is 6. The Morgan fingerprint density at radius 2 is 1.81 bits per heavy atom. The first-order chi connectivity index (χ1) is 9.92. The van der Waals surface area contributed by atoms with E-state index >= 15 is 0 Å². The second kappa shape index (κ2) is 8.04. The number of hydrogen-bond donors (Lipinski definition) is 1. The van der Waals surface area contributed by atoms with Crippen LogP contribution < -0.4 is 5.32 Å². The number of hydrogen-bond acceptors (Lipinski definition) is 4. The van der Waals surface area contributed by atoms with Gasteiger partial charge in [0.15, 0.2) is 0 Å². The van der Waals surface area contributed by atoms with Crippen molar-refractivity contribution in [3.8, 4) is 0 Å². The molecule has 114 valence electrons. The molecule has 0 unspecified atom stereocenters. The maximum atomic E-state index is 12.0. The minimum Gasteiger partial charge on any atom is -0.469 e. The Balaban J connectivity index is 2.50. The molecule has 0 saturated heterocycles. The molecule has 0 aliphatic heterocycles. The highest BCUT2D eigenvalue weighted by Gasteiger charge is 2.11. The summed E-state index contributed by atoms with van der Waals surface area (Å²) in [6.45, 7) is 1.77. The highest BCUT2D eigenvalue weighted by Crippen LogP contribution is 2.10. The SMILES string of the molecule is COC(=O)CCN(C)C(=O)Cc1ccc(NC(C)=O)cc1. The van der Waals surface area contributed by atoms with E-state index in [1.165, 1.54) is 18.9 Å². The van der Waals surface area contributed by atoms with Crippen molar-refractivity contribution in [3.63, 3.8) is 0 Å². The topological polar surface area (TPSA) is 75.7 Å². The van der Waals surface area contributed by atoms with Gasteiger partial charge in [-0.1, -0.05) is 12.1 Å². The van der Waals surface area contributed by atoms with Gasteiger partial charge in [-0.05, 0) is 17.7 Å². The molecule has 0 aliphatic carbocycles. The number of anilines is 1. The van der Waals surface area contributed by atoms with Gasteiger partial charge in [-0.25, -0.2) is 0 Å². The van der Waals surface area contributed by atoms with Gasteiger partial charge in [-0.3, -0.25) is 14.4 Å². The highest BCUT2D eigenvalue weighted by molar-refractivity contribution is 5.88. The molecular formula is C15H20N2O4. The number of benzene rings is 1. The second-order valence-electron chi connectivity index (χ2n) is 4.70. The Kier molecular flexibility index (Phi) is 6.39. The van der Waals surface area contributed by atoms with Gasteiger partial charge < -0.3 is 15.0 Å². The molecule has 21 heavy (non-hydrogen) atoms. The minimum absolute atomic E-state index is 0.0776. The van der Waals surface area contributed by atoms with Crippen molar-refractivity contribution < 1.29 is 19.1 Å². The minimum atomic E-state index is -0.339. The first-order valence-corrected chi connectivity index (χ1v) is 6.59. The number of methoxy groups -OCH3 is 1. The molecule has 0 saturated carbocycles. The Labute approximate surface area is 124 Å². The number of nitrogens with one attached hydrogen (secondary N) is 1. The van der Waals surface area contributed by atoms with Crippen LogP contribution in [0.3, 0.4) is 0 Å². The molecule has 6 heteroatoms. The summed E-state index contributed by atoms with van der Waals surface area (Å²) >= 11 is 0. The van der Waals surface area contributed by atoms with E-state index < -0.39 is 0 Å². The Hall–Kier alpha value is -2.37. The second-order valence-corrected chi connectivity index (χ2v) is 4.70. The summed E-state index contributed by atoms with van der Waals surface area (Å²) in [7, 11) is 2.97. The zero-order chi connectivity index (χ0) is 15.8. The molecule has 6 nitrogen and oxygen atoms in total. The third-order valence-corrected chi connectivity index (χ3v) is 2.93. The summed E-state index contributed by atoms with van der Waals surface area (Å²) in [4.78, 5) is 35.4. The summed E-state index contributed by atoms with van der Waals surface area (Å²) in [6, 6.07) is 7.07. The van der Waals surface area contributed by atoms with Crippen molar-refractivity contribution in [2.24, 2.45) is 0 Å².